The number of aromatic hydroxyl groups is 1. The van der Waals surface area contributed by atoms with Gasteiger partial charge in [-0.2, -0.15) is 4.39 Å². The molecule has 0 bridgehead atoms. The molecule has 5 nitrogen and oxygen atoms in total. The summed E-state index contributed by atoms with van der Waals surface area (Å²) in [4.78, 5) is 22.2. The Kier molecular flexibility index (Phi) is 2.54. The minimum absolute atomic E-state index is 0.133. The first kappa shape index (κ1) is 12.0. The predicted octanol–water partition coefficient (Wildman–Crippen LogP) is 1.78. The van der Waals surface area contributed by atoms with E-state index in [4.69, 9.17) is 10.2 Å². The molecule has 0 saturated carbocycles. The minimum Gasteiger partial charge on any atom is -0.503 e. The number of carboxylic acid groups (broad SMARTS) is 1. The van der Waals surface area contributed by atoms with E-state index in [1.54, 1.807) is 0 Å². The van der Waals surface area contributed by atoms with Crippen molar-refractivity contribution < 1.29 is 28.2 Å². The number of aryl methyl sites for hydroxylation is 1. The Morgan fingerprint density at radius 1 is 1.39 bits per heavy atom. The first-order chi connectivity index (χ1) is 8.34. The Morgan fingerprint density at radius 2 is 2.00 bits per heavy atom. The Bertz CT molecular complexity index is 733. The van der Waals surface area contributed by atoms with E-state index in [1.165, 1.54) is 6.92 Å². The number of hydrogen-bond donors (Lipinski definition) is 2. The topological polar surface area (TPSA) is 87.7 Å². The standard InChI is InChI=1S/C11H6F2O5/c1-3-4-2-5(12)8(14)7(13)9(4)18-11(17)6(3)10(15)16/h2,14H,1H3,(H,15,16). The lowest BCUT2D eigenvalue weighted by Crippen LogP contribution is -2.16. The van der Waals surface area contributed by atoms with E-state index in [0.29, 0.717) is 6.07 Å². The summed E-state index contributed by atoms with van der Waals surface area (Å²) in [7, 11) is 0. The number of phenols is 1. The first-order valence-electron chi connectivity index (χ1n) is 4.72. The van der Waals surface area contributed by atoms with Crippen molar-refractivity contribution in [1.29, 1.82) is 0 Å². The number of halogens is 2. The highest BCUT2D eigenvalue weighted by molar-refractivity contribution is 5.95. The van der Waals surface area contributed by atoms with Gasteiger partial charge in [-0.25, -0.2) is 14.0 Å². The van der Waals surface area contributed by atoms with Gasteiger partial charge < -0.3 is 14.6 Å². The maximum atomic E-state index is 13.5. The molecule has 0 spiro atoms. The third-order valence-electron chi connectivity index (χ3n) is 2.54. The summed E-state index contributed by atoms with van der Waals surface area (Å²) in [5.41, 5.74) is -2.78. The molecule has 0 aliphatic rings. The van der Waals surface area contributed by atoms with Crippen LogP contribution in [0.15, 0.2) is 15.3 Å². The summed E-state index contributed by atoms with van der Waals surface area (Å²) in [5, 5.41) is 17.6. The lowest BCUT2D eigenvalue weighted by molar-refractivity contribution is 0.0691. The average molecular weight is 256 g/mol. The van der Waals surface area contributed by atoms with Crippen molar-refractivity contribution in [3.63, 3.8) is 0 Å². The summed E-state index contributed by atoms with van der Waals surface area (Å²) in [6.45, 7) is 1.22. The molecular formula is C11H6F2O5. The molecule has 0 atom stereocenters. The van der Waals surface area contributed by atoms with Gasteiger partial charge in [-0.15, -0.1) is 0 Å². The summed E-state index contributed by atoms with van der Waals surface area (Å²) in [6, 6.07) is 0.707. The van der Waals surface area contributed by atoms with Gasteiger partial charge in [0, 0.05) is 5.39 Å². The van der Waals surface area contributed by atoms with E-state index in [1.807, 2.05) is 0 Å². The Balaban J connectivity index is 3.06. The van der Waals surface area contributed by atoms with Crippen LogP contribution >= 0.6 is 0 Å². The fourth-order valence-corrected chi connectivity index (χ4v) is 1.65. The van der Waals surface area contributed by atoms with Crippen molar-refractivity contribution in [3.05, 3.63) is 39.2 Å². The molecule has 1 heterocycles. The fraction of sp³-hybridized carbons (Fsp3) is 0.0909. The van der Waals surface area contributed by atoms with Crippen LogP contribution in [0.3, 0.4) is 0 Å². The quantitative estimate of drug-likeness (QED) is 0.759. The highest BCUT2D eigenvalue weighted by Crippen LogP contribution is 2.30. The number of hydrogen-bond acceptors (Lipinski definition) is 4. The van der Waals surface area contributed by atoms with Crippen LogP contribution in [0.25, 0.3) is 11.0 Å². The van der Waals surface area contributed by atoms with Gasteiger partial charge >= 0.3 is 11.6 Å². The van der Waals surface area contributed by atoms with Crippen LogP contribution in [0, 0.1) is 18.6 Å². The molecule has 7 heteroatoms. The van der Waals surface area contributed by atoms with Gasteiger partial charge in [-0.1, -0.05) is 0 Å². The van der Waals surface area contributed by atoms with E-state index >= 15 is 0 Å². The van der Waals surface area contributed by atoms with Crippen molar-refractivity contribution in [1.82, 2.24) is 0 Å². The largest absolute Gasteiger partial charge is 0.503 e. The summed E-state index contributed by atoms with van der Waals surface area (Å²) in [6.07, 6.45) is 0. The third-order valence-corrected chi connectivity index (χ3v) is 2.54. The summed E-state index contributed by atoms with van der Waals surface area (Å²) < 4.78 is 31.1. The van der Waals surface area contributed by atoms with Crippen molar-refractivity contribution in [3.8, 4) is 5.75 Å². The number of rotatable bonds is 1. The van der Waals surface area contributed by atoms with Crippen LogP contribution in [0.4, 0.5) is 8.78 Å². The molecule has 2 aromatic rings. The molecule has 2 N–H and O–H groups in total. The molecule has 0 saturated heterocycles. The fourth-order valence-electron chi connectivity index (χ4n) is 1.65. The molecule has 0 radical (unpaired) electrons. The van der Waals surface area contributed by atoms with E-state index in [0.717, 1.165) is 0 Å². The van der Waals surface area contributed by atoms with E-state index in [2.05, 4.69) is 4.42 Å². The molecule has 0 aliphatic heterocycles. The summed E-state index contributed by atoms with van der Waals surface area (Å²) >= 11 is 0. The zero-order valence-corrected chi connectivity index (χ0v) is 8.95. The molecule has 1 aromatic heterocycles. The van der Waals surface area contributed by atoms with Gasteiger partial charge in [0.2, 0.25) is 5.82 Å². The summed E-state index contributed by atoms with van der Waals surface area (Å²) in [5.74, 6) is -5.56. The normalized spacial score (nSPS) is 10.8. The monoisotopic (exact) mass is 256 g/mol. The second-order valence-corrected chi connectivity index (χ2v) is 3.59. The lowest BCUT2D eigenvalue weighted by Gasteiger charge is -2.06. The highest BCUT2D eigenvalue weighted by atomic mass is 19.1. The highest BCUT2D eigenvalue weighted by Gasteiger charge is 2.22. The molecule has 1 aromatic carbocycles. The zero-order chi connectivity index (χ0) is 13.6. The Morgan fingerprint density at radius 3 is 2.56 bits per heavy atom. The van der Waals surface area contributed by atoms with Crippen LogP contribution < -0.4 is 5.63 Å². The molecule has 0 unspecified atom stereocenters. The van der Waals surface area contributed by atoms with Gasteiger partial charge in [0.15, 0.2) is 17.1 Å². The van der Waals surface area contributed by atoms with Crippen LogP contribution in [-0.2, 0) is 0 Å². The average Bonchev–Trinajstić information content (AvgIpc) is 2.28. The van der Waals surface area contributed by atoms with Crippen molar-refractivity contribution in [2.75, 3.05) is 0 Å². The molecular weight excluding hydrogens is 250 g/mol. The van der Waals surface area contributed by atoms with Crippen LogP contribution in [0.2, 0.25) is 0 Å². The van der Waals surface area contributed by atoms with Crippen molar-refractivity contribution >= 4 is 16.9 Å². The number of benzene rings is 1. The van der Waals surface area contributed by atoms with Crippen molar-refractivity contribution in [2.45, 2.75) is 6.92 Å². The van der Waals surface area contributed by atoms with E-state index < -0.39 is 40.1 Å². The molecule has 2 rings (SSSR count). The number of carbonyl (C=O) groups is 1. The molecule has 0 fully saturated rings. The zero-order valence-electron chi connectivity index (χ0n) is 8.95. The Labute approximate surface area is 97.9 Å². The second kappa shape index (κ2) is 3.80. The Hall–Kier alpha value is -2.44. The van der Waals surface area contributed by atoms with Crippen LogP contribution in [0.1, 0.15) is 15.9 Å². The SMILES string of the molecule is Cc1c(C(=O)O)c(=O)oc2c(F)c(O)c(F)cc12. The van der Waals surface area contributed by atoms with Gasteiger partial charge in [0.1, 0.15) is 5.56 Å². The van der Waals surface area contributed by atoms with Gasteiger partial charge in [0.05, 0.1) is 0 Å². The third kappa shape index (κ3) is 1.52. The van der Waals surface area contributed by atoms with Gasteiger partial charge in [0.25, 0.3) is 0 Å². The van der Waals surface area contributed by atoms with Gasteiger partial charge in [-0.3, -0.25) is 0 Å². The number of carboxylic acids is 1. The molecule has 0 aliphatic carbocycles. The van der Waals surface area contributed by atoms with Crippen LogP contribution in [0.5, 0.6) is 5.75 Å². The number of fused-ring (bicyclic) bond motifs is 1. The number of aromatic carboxylic acids is 1. The maximum Gasteiger partial charge on any atom is 0.351 e. The molecule has 0 amide bonds. The smallest absolute Gasteiger partial charge is 0.351 e. The minimum atomic E-state index is -1.56. The lowest BCUT2D eigenvalue weighted by atomic mass is 10.1. The van der Waals surface area contributed by atoms with E-state index in [-0.39, 0.29) is 10.9 Å². The second-order valence-electron chi connectivity index (χ2n) is 3.59. The first-order valence-corrected chi connectivity index (χ1v) is 4.72. The molecule has 94 valence electrons. The van der Waals surface area contributed by atoms with Crippen LogP contribution in [-0.4, -0.2) is 16.2 Å². The predicted molar refractivity (Wildman–Crippen MR) is 55.8 cm³/mol. The van der Waals surface area contributed by atoms with Gasteiger partial charge in [-0.05, 0) is 18.6 Å². The molecule has 18 heavy (non-hydrogen) atoms. The van der Waals surface area contributed by atoms with E-state index in [9.17, 15) is 18.4 Å². The maximum absolute atomic E-state index is 13.5. The van der Waals surface area contributed by atoms with Crippen molar-refractivity contribution in [2.24, 2.45) is 0 Å². The number of phenolic OH excluding ortho intramolecular Hbond substituents is 1.